The van der Waals surface area contributed by atoms with Gasteiger partial charge in [-0.1, -0.05) is 13.3 Å². The predicted molar refractivity (Wildman–Crippen MR) is 65.4 cm³/mol. The van der Waals surface area contributed by atoms with Gasteiger partial charge in [0.1, 0.15) is 0 Å². The van der Waals surface area contributed by atoms with Crippen LogP contribution in [0.25, 0.3) is 0 Å². The van der Waals surface area contributed by atoms with Crippen LogP contribution >= 0.6 is 11.3 Å². The number of hydrogen-bond acceptors (Lipinski definition) is 2. The van der Waals surface area contributed by atoms with Crippen molar-refractivity contribution < 1.29 is 0 Å². The zero-order valence-electron chi connectivity index (χ0n) is 9.38. The molecule has 2 aliphatic carbocycles. The van der Waals surface area contributed by atoms with E-state index in [9.17, 15) is 0 Å². The third-order valence-electron chi connectivity index (χ3n) is 4.12. The molecule has 2 N–H and O–H groups in total. The number of aryl methyl sites for hydroxylation is 1. The highest BCUT2D eigenvalue weighted by Gasteiger charge is 2.64. The number of thiophene rings is 1. The van der Waals surface area contributed by atoms with E-state index < -0.39 is 0 Å². The summed E-state index contributed by atoms with van der Waals surface area (Å²) in [5.74, 6) is 0. The van der Waals surface area contributed by atoms with Crippen molar-refractivity contribution in [3.63, 3.8) is 0 Å². The van der Waals surface area contributed by atoms with Crippen LogP contribution in [0.4, 0.5) is 0 Å². The molecule has 1 nitrogen and oxygen atoms in total. The zero-order chi connectivity index (χ0) is 10.5. The Bertz CT molecular complexity index is 372. The monoisotopic (exact) mass is 221 g/mol. The van der Waals surface area contributed by atoms with Gasteiger partial charge in [0.15, 0.2) is 0 Å². The molecule has 2 heteroatoms. The molecular formula is C13H19NS. The Kier molecular flexibility index (Phi) is 2.02. The van der Waals surface area contributed by atoms with Crippen LogP contribution in [-0.2, 0) is 11.8 Å². The summed E-state index contributed by atoms with van der Waals surface area (Å²) in [4.78, 5) is 3.12. The van der Waals surface area contributed by atoms with Crippen LogP contribution in [0.2, 0.25) is 0 Å². The molecule has 2 fully saturated rings. The van der Waals surface area contributed by atoms with E-state index in [4.69, 9.17) is 5.73 Å². The lowest BCUT2D eigenvalue weighted by Gasteiger charge is -2.21. The first kappa shape index (κ1) is 9.86. The van der Waals surface area contributed by atoms with Crippen molar-refractivity contribution in [3.8, 4) is 0 Å². The van der Waals surface area contributed by atoms with E-state index >= 15 is 0 Å². The standard InChI is InChI=1S/C13H19NS/c1-2-3-10-4-5-11(15-10)12(6-7-12)13(14)8-9-13/h4-5H,2-3,6-9,14H2,1H3. The first-order valence-corrected chi connectivity index (χ1v) is 6.90. The molecule has 15 heavy (non-hydrogen) atoms. The van der Waals surface area contributed by atoms with E-state index in [2.05, 4.69) is 19.1 Å². The molecule has 0 aromatic carbocycles. The second-order valence-corrected chi connectivity index (χ2v) is 6.42. The van der Waals surface area contributed by atoms with Gasteiger partial charge in [-0.25, -0.2) is 0 Å². The van der Waals surface area contributed by atoms with Crippen LogP contribution in [0.15, 0.2) is 12.1 Å². The fourth-order valence-electron chi connectivity index (χ4n) is 2.74. The van der Waals surface area contributed by atoms with E-state index in [0.29, 0.717) is 5.41 Å². The van der Waals surface area contributed by atoms with Crippen molar-refractivity contribution in [2.24, 2.45) is 5.73 Å². The van der Waals surface area contributed by atoms with Gasteiger partial charge >= 0.3 is 0 Å². The van der Waals surface area contributed by atoms with Crippen molar-refractivity contribution in [2.45, 2.75) is 56.4 Å². The smallest absolute Gasteiger partial charge is 0.0261 e. The Morgan fingerprint density at radius 3 is 2.53 bits per heavy atom. The quantitative estimate of drug-likeness (QED) is 0.830. The molecule has 0 unspecified atom stereocenters. The van der Waals surface area contributed by atoms with Gasteiger partial charge in [-0.15, -0.1) is 11.3 Å². The maximum atomic E-state index is 6.41. The highest BCUT2D eigenvalue weighted by Crippen LogP contribution is 2.64. The molecule has 0 amide bonds. The summed E-state index contributed by atoms with van der Waals surface area (Å²) in [7, 11) is 0. The first-order chi connectivity index (χ1) is 7.20. The van der Waals surface area contributed by atoms with Gasteiger partial charge in [0.05, 0.1) is 0 Å². The van der Waals surface area contributed by atoms with Crippen LogP contribution in [0.5, 0.6) is 0 Å². The second-order valence-electron chi connectivity index (χ2n) is 5.25. The fraction of sp³-hybridized carbons (Fsp3) is 0.692. The summed E-state index contributed by atoms with van der Waals surface area (Å²) in [6.07, 6.45) is 7.63. The van der Waals surface area contributed by atoms with Crippen LogP contribution in [0.3, 0.4) is 0 Å². The Morgan fingerprint density at radius 2 is 2.00 bits per heavy atom. The lowest BCUT2D eigenvalue weighted by molar-refractivity contribution is 0.511. The summed E-state index contributed by atoms with van der Waals surface area (Å²) in [5.41, 5.74) is 7.00. The Morgan fingerprint density at radius 1 is 1.27 bits per heavy atom. The topological polar surface area (TPSA) is 26.0 Å². The predicted octanol–water partition coefficient (Wildman–Crippen LogP) is 3.22. The van der Waals surface area contributed by atoms with E-state index in [1.54, 1.807) is 9.75 Å². The zero-order valence-corrected chi connectivity index (χ0v) is 10.2. The summed E-state index contributed by atoms with van der Waals surface area (Å²) < 4.78 is 0. The summed E-state index contributed by atoms with van der Waals surface area (Å²) in [6, 6.07) is 4.66. The average molecular weight is 221 g/mol. The molecule has 2 saturated carbocycles. The summed E-state index contributed by atoms with van der Waals surface area (Å²) in [6.45, 7) is 2.25. The van der Waals surface area contributed by atoms with Gasteiger partial charge in [0, 0.05) is 20.7 Å². The molecule has 82 valence electrons. The maximum absolute atomic E-state index is 6.41. The van der Waals surface area contributed by atoms with Crippen molar-refractivity contribution in [3.05, 3.63) is 21.9 Å². The van der Waals surface area contributed by atoms with Gasteiger partial charge in [-0.3, -0.25) is 0 Å². The van der Waals surface area contributed by atoms with Crippen molar-refractivity contribution >= 4 is 11.3 Å². The minimum atomic E-state index is 0.182. The van der Waals surface area contributed by atoms with Crippen molar-refractivity contribution in [1.82, 2.24) is 0 Å². The molecular weight excluding hydrogens is 202 g/mol. The van der Waals surface area contributed by atoms with E-state index in [-0.39, 0.29) is 5.54 Å². The maximum Gasteiger partial charge on any atom is 0.0261 e. The molecule has 1 aromatic heterocycles. The van der Waals surface area contributed by atoms with Gasteiger partial charge in [0.2, 0.25) is 0 Å². The highest BCUT2D eigenvalue weighted by molar-refractivity contribution is 7.12. The SMILES string of the molecule is CCCc1ccc(C2(C3(N)CC3)CC2)s1. The third kappa shape index (κ3) is 1.38. The molecule has 0 atom stereocenters. The highest BCUT2D eigenvalue weighted by atomic mass is 32.1. The number of hydrogen-bond donors (Lipinski definition) is 1. The molecule has 2 aliphatic rings. The first-order valence-electron chi connectivity index (χ1n) is 6.08. The lowest BCUT2D eigenvalue weighted by Crippen LogP contribution is -2.36. The summed E-state index contributed by atoms with van der Waals surface area (Å²) in [5, 5.41) is 0. The number of nitrogens with two attached hydrogens (primary N) is 1. The van der Waals surface area contributed by atoms with Crippen molar-refractivity contribution in [2.75, 3.05) is 0 Å². The van der Waals surface area contributed by atoms with Crippen LogP contribution in [0, 0.1) is 0 Å². The minimum Gasteiger partial charge on any atom is -0.324 e. The lowest BCUT2D eigenvalue weighted by atomic mass is 9.93. The van der Waals surface area contributed by atoms with Crippen LogP contribution < -0.4 is 5.73 Å². The van der Waals surface area contributed by atoms with Crippen LogP contribution in [-0.4, -0.2) is 5.54 Å². The molecule has 0 aliphatic heterocycles. The fourth-order valence-corrected chi connectivity index (χ4v) is 4.21. The third-order valence-corrected chi connectivity index (χ3v) is 5.47. The largest absolute Gasteiger partial charge is 0.324 e. The van der Waals surface area contributed by atoms with Crippen molar-refractivity contribution in [1.29, 1.82) is 0 Å². The van der Waals surface area contributed by atoms with Gasteiger partial charge in [-0.2, -0.15) is 0 Å². The van der Waals surface area contributed by atoms with E-state index in [1.165, 1.54) is 38.5 Å². The van der Waals surface area contributed by atoms with Gasteiger partial charge in [-0.05, 0) is 44.2 Å². The van der Waals surface area contributed by atoms with Gasteiger partial charge in [0.25, 0.3) is 0 Å². The summed E-state index contributed by atoms with van der Waals surface area (Å²) >= 11 is 2.01. The molecule has 0 bridgehead atoms. The van der Waals surface area contributed by atoms with E-state index in [1.807, 2.05) is 11.3 Å². The molecule has 1 aromatic rings. The van der Waals surface area contributed by atoms with E-state index in [0.717, 1.165) is 0 Å². The van der Waals surface area contributed by atoms with Gasteiger partial charge < -0.3 is 5.73 Å². The number of rotatable bonds is 4. The molecule has 0 saturated heterocycles. The Balaban J connectivity index is 1.86. The minimum absolute atomic E-state index is 0.182. The molecule has 3 rings (SSSR count). The normalized spacial score (nSPS) is 25.2. The Hall–Kier alpha value is -0.340. The average Bonchev–Trinajstić information content (AvgIpc) is 3.11. The molecule has 1 heterocycles. The van der Waals surface area contributed by atoms with Crippen LogP contribution in [0.1, 0.15) is 48.8 Å². The molecule has 0 spiro atoms. The molecule has 0 radical (unpaired) electrons. The second kappa shape index (κ2) is 3.08. The Labute approximate surface area is 95.7 Å².